The minimum atomic E-state index is -0.592. The summed E-state index contributed by atoms with van der Waals surface area (Å²) in [4.78, 5) is 22.1. The van der Waals surface area contributed by atoms with Gasteiger partial charge in [-0.1, -0.05) is 30.3 Å². The number of carbonyl (C=O) groups is 2. The van der Waals surface area contributed by atoms with Crippen molar-refractivity contribution in [2.24, 2.45) is 0 Å². The number of hydrogen-bond acceptors (Lipinski definition) is 4. The fourth-order valence-corrected chi connectivity index (χ4v) is 1.22. The molecule has 0 radical (unpaired) electrons. The first-order valence-corrected chi connectivity index (χ1v) is 4.94. The van der Waals surface area contributed by atoms with Gasteiger partial charge in [-0.2, -0.15) is 0 Å². The Morgan fingerprint density at radius 3 is 2.38 bits per heavy atom. The summed E-state index contributed by atoms with van der Waals surface area (Å²) in [5.41, 5.74) is 0.890. The second kappa shape index (κ2) is 5.90. The SMILES string of the molecule is COC(=O)CC(=O)OC(C)c1ccccc1. The number of hydrogen-bond donors (Lipinski definition) is 0. The zero-order chi connectivity index (χ0) is 12.0. The maximum atomic E-state index is 11.3. The molecule has 0 saturated carbocycles. The highest BCUT2D eigenvalue weighted by Crippen LogP contribution is 2.16. The Bertz CT molecular complexity index is 359. The summed E-state index contributed by atoms with van der Waals surface area (Å²) in [6, 6.07) is 9.32. The van der Waals surface area contributed by atoms with E-state index in [4.69, 9.17) is 4.74 Å². The van der Waals surface area contributed by atoms with Gasteiger partial charge in [0.15, 0.2) is 0 Å². The van der Waals surface area contributed by atoms with Crippen LogP contribution in [-0.4, -0.2) is 19.0 Å². The Labute approximate surface area is 94.2 Å². The summed E-state index contributed by atoms with van der Waals surface area (Å²) in [6.07, 6.45) is -0.716. The average molecular weight is 222 g/mol. The maximum Gasteiger partial charge on any atom is 0.317 e. The van der Waals surface area contributed by atoms with Crippen LogP contribution < -0.4 is 0 Å². The second-order valence-corrected chi connectivity index (χ2v) is 3.30. The quantitative estimate of drug-likeness (QED) is 0.576. The Balaban J connectivity index is 2.49. The number of benzene rings is 1. The average Bonchev–Trinajstić information content (AvgIpc) is 2.29. The Morgan fingerprint density at radius 1 is 1.19 bits per heavy atom. The van der Waals surface area contributed by atoms with Crippen LogP contribution in [0.5, 0.6) is 0 Å². The second-order valence-electron chi connectivity index (χ2n) is 3.30. The molecule has 0 aliphatic heterocycles. The highest BCUT2D eigenvalue weighted by atomic mass is 16.6. The van der Waals surface area contributed by atoms with Gasteiger partial charge in [0.2, 0.25) is 0 Å². The third kappa shape index (κ3) is 3.73. The number of carbonyl (C=O) groups excluding carboxylic acids is 2. The normalized spacial score (nSPS) is 11.6. The topological polar surface area (TPSA) is 52.6 Å². The monoisotopic (exact) mass is 222 g/mol. The lowest BCUT2D eigenvalue weighted by Crippen LogP contribution is -2.14. The van der Waals surface area contributed by atoms with Crippen molar-refractivity contribution in [2.45, 2.75) is 19.4 Å². The molecule has 0 heterocycles. The first-order valence-electron chi connectivity index (χ1n) is 4.94. The molecule has 86 valence electrons. The summed E-state index contributed by atoms with van der Waals surface area (Å²) in [5.74, 6) is -1.17. The largest absolute Gasteiger partial charge is 0.469 e. The molecule has 0 N–H and O–H groups in total. The Hall–Kier alpha value is -1.84. The molecular weight excluding hydrogens is 208 g/mol. The molecule has 1 unspecified atom stereocenters. The third-order valence-electron chi connectivity index (χ3n) is 2.09. The zero-order valence-corrected chi connectivity index (χ0v) is 9.30. The number of rotatable bonds is 4. The van der Waals surface area contributed by atoms with Crippen LogP contribution in [0.3, 0.4) is 0 Å². The minimum absolute atomic E-state index is 0.353. The zero-order valence-electron chi connectivity index (χ0n) is 9.30. The van der Waals surface area contributed by atoms with E-state index in [-0.39, 0.29) is 12.5 Å². The van der Waals surface area contributed by atoms with Gasteiger partial charge in [0, 0.05) is 0 Å². The summed E-state index contributed by atoms with van der Waals surface area (Å²) in [7, 11) is 1.23. The van der Waals surface area contributed by atoms with Gasteiger partial charge in [-0.05, 0) is 12.5 Å². The Kier molecular flexibility index (Phi) is 4.51. The molecule has 1 aromatic carbocycles. The molecule has 1 aromatic rings. The van der Waals surface area contributed by atoms with Gasteiger partial charge in [-0.3, -0.25) is 9.59 Å². The van der Waals surface area contributed by atoms with Crippen molar-refractivity contribution in [3.05, 3.63) is 35.9 Å². The summed E-state index contributed by atoms with van der Waals surface area (Å²) < 4.78 is 9.44. The van der Waals surface area contributed by atoms with Crippen molar-refractivity contribution in [3.63, 3.8) is 0 Å². The van der Waals surface area contributed by atoms with Crippen molar-refractivity contribution in [3.8, 4) is 0 Å². The smallest absolute Gasteiger partial charge is 0.317 e. The lowest BCUT2D eigenvalue weighted by molar-refractivity contribution is -0.156. The van der Waals surface area contributed by atoms with E-state index in [0.717, 1.165) is 5.56 Å². The molecule has 0 aliphatic carbocycles. The summed E-state index contributed by atoms with van der Waals surface area (Å²) in [5, 5.41) is 0. The van der Waals surface area contributed by atoms with Crippen molar-refractivity contribution in [2.75, 3.05) is 7.11 Å². The van der Waals surface area contributed by atoms with E-state index in [0.29, 0.717) is 0 Å². The van der Waals surface area contributed by atoms with Gasteiger partial charge in [0.05, 0.1) is 7.11 Å². The molecule has 0 spiro atoms. The van der Waals surface area contributed by atoms with Crippen LogP contribution in [0.2, 0.25) is 0 Å². The molecule has 0 aliphatic rings. The third-order valence-corrected chi connectivity index (χ3v) is 2.09. The van der Waals surface area contributed by atoms with Crippen molar-refractivity contribution in [1.29, 1.82) is 0 Å². The molecule has 0 amide bonds. The lowest BCUT2D eigenvalue weighted by atomic mass is 10.1. The van der Waals surface area contributed by atoms with Crippen LogP contribution >= 0.6 is 0 Å². The summed E-state index contributed by atoms with van der Waals surface area (Å²) >= 11 is 0. The molecule has 1 rings (SSSR count). The van der Waals surface area contributed by atoms with Crippen LogP contribution in [0.1, 0.15) is 25.0 Å². The molecule has 0 fully saturated rings. The molecule has 0 aromatic heterocycles. The summed E-state index contributed by atoms with van der Waals surface area (Å²) in [6.45, 7) is 1.75. The maximum absolute atomic E-state index is 11.3. The van der Waals surface area contributed by atoms with Crippen LogP contribution in [-0.2, 0) is 19.1 Å². The van der Waals surface area contributed by atoms with Gasteiger partial charge < -0.3 is 9.47 Å². The number of esters is 2. The van der Waals surface area contributed by atoms with Crippen molar-refractivity contribution >= 4 is 11.9 Å². The first kappa shape index (κ1) is 12.2. The van der Waals surface area contributed by atoms with Crippen LogP contribution in [0.4, 0.5) is 0 Å². The number of methoxy groups -OCH3 is 1. The van der Waals surface area contributed by atoms with Crippen LogP contribution in [0.15, 0.2) is 30.3 Å². The molecule has 16 heavy (non-hydrogen) atoms. The van der Waals surface area contributed by atoms with Crippen LogP contribution in [0.25, 0.3) is 0 Å². The van der Waals surface area contributed by atoms with E-state index in [1.165, 1.54) is 7.11 Å². The van der Waals surface area contributed by atoms with E-state index >= 15 is 0 Å². The minimum Gasteiger partial charge on any atom is -0.469 e. The van der Waals surface area contributed by atoms with Crippen molar-refractivity contribution < 1.29 is 19.1 Å². The lowest BCUT2D eigenvalue weighted by Gasteiger charge is -2.12. The fraction of sp³-hybridized carbons (Fsp3) is 0.333. The van der Waals surface area contributed by atoms with E-state index in [1.54, 1.807) is 6.92 Å². The number of ether oxygens (including phenoxy) is 2. The van der Waals surface area contributed by atoms with E-state index in [2.05, 4.69) is 4.74 Å². The van der Waals surface area contributed by atoms with E-state index in [9.17, 15) is 9.59 Å². The van der Waals surface area contributed by atoms with E-state index < -0.39 is 11.9 Å². The van der Waals surface area contributed by atoms with Gasteiger partial charge in [0.1, 0.15) is 12.5 Å². The first-order chi connectivity index (χ1) is 7.63. The molecule has 4 heteroatoms. The van der Waals surface area contributed by atoms with Crippen LogP contribution in [0, 0.1) is 0 Å². The molecular formula is C12H14O4. The molecule has 0 bridgehead atoms. The molecule has 4 nitrogen and oxygen atoms in total. The molecule has 1 atom stereocenters. The predicted octanol–water partition coefficient (Wildman–Crippen LogP) is 1.85. The standard InChI is InChI=1S/C12H14O4/c1-9(10-6-4-3-5-7-10)16-12(14)8-11(13)15-2/h3-7,9H,8H2,1-2H3. The van der Waals surface area contributed by atoms with Gasteiger partial charge in [0.25, 0.3) is 0 Å². The Morgan fingerprint density at radius 2 is 1.81 bits per heavy atom. The highest BCUT2D eigenvalue weighted by Gasteiger charge is 2.15. The highest BCUT2D eigenvalue weighted by molar-refractivity contribution is 5.91. The van der Waals surface area contributed by atoms with Crippen molar-refractivity contribution in [1.82, 2.24) is 0 Å². The van der Waals surface area contributed by atoms with Gasteiger partial charge in [-0.15, -0.1) is 0 Å². The predicted molar refractivity (Wildman–Crippen MR) is 57.6 cm³/mol. The molecule has 0 saturated heterocycles. The fourth-order valence-electron chi connectivity index (χ4n) is 1.22. The van der Waals surface area contributed by atoms with Gasteiger partial charge >= 0.3 is 11.9 Å². The van der Waals surface area contributed by atoms with E-state index in [1.807, 2.05) is 30.3 Å². The van der Waals surface area contributed by atoms with Gasteiger partial charge in [-0.25, -0.2) is 0 Å².